The highest BCUT2D eigenvalue weighted by atomic mass is 79.9. The summed E-state index contributed by atoms with van der Waals surface area (Å²) in [6.45, 7) is 6.38. The van der Waals surface area contributed by atoms with Gasteiger partial charge in [0.25, 0.3) is 0 Å². The van der Waals surface area contributed by atoms with Crippen molar-refractivity contribution in [2.24, 2.45) is 0 Å². The zero-order valence-corrected chi connectivity index (χ0v) is 11.1. The minimum absolute atomic E-state index is 0.412. The molecule has 0 unspecified atom stereocenters. The van der Waals surface area contributed by atoms with Gasteiger partial charge in [-0.05, 0) is 44.7 Å². The second-order valence-corrected chi connectivity index (χ2v) is 5.83. The smallest absolute Gasteiger partial charge is 0.125 e. The van der Waals surface area contributed by atoms with Crippen molar-refractivity contribution in [1.82, 2.24) is 0 Å². The van der Waals surface area contributed by atoms with Gasteiger partial charge in [-0.2, -0.15) is 0 Å². The van der Waals surface area contributed by atoms with Crippen molar-refractivity contribution in [3.05, 3.63) is 28.8 Å². The van der Waals surface area contributed by atoms with Crippen LogP contribution in [0.4, 0.5) is 0 Å². The minimum atomic E-state index is 0.412. The Labute approximate surface area is 100.0 Å². The number of aryl methyl sites for hydroxylation is 3. The Morgan fingerprint density at radius 2 is 1.67 bits per heavy atom. The molecule has 1 aromatic rings. The molecule has 1 nitrogen and oxygen atoms in total. The van der Waals surface area contributed by atoms with Gasteiger partial charge in [0.05, 0.1) is 0 Å². The third-order valence-electron chi connectivity index (χ3n) is 2.93. The molecule has 0 atom stereocenters. The lowest BCUT2D eigenvalue weighted by molar-refractivity contribution is 0.126. The molecular formula is C13H17BrO. The molecule has 82 valence electrons. The molecule has 2 heteroatoms. The van der Waals surface area contributed by atoms with Crippen LogP contribution in [0.3, 0.4) is 0 Å². The second-order valence-electron chi connectivity index (χ2n) is 4.54. The predicted molar refractivity (Wildman–Crippen MR) is 67.0 cm³/mol. The largest absolute Gasteiger partial charge is 0.490 e. The van der Waals surface area contributed by atoms with Crippen molar-refractivity contribution in [2.45, 2.75) is 44.5 Å². The topological polar surface area (TPSA) is 9.23 Å². The second kappa shape index (κ2) is 4.17. The molecule has 1 aliphatic rings. The van der Waals surface area contributed by atoms with Crippen LogP contribution >= 0.6 is 15.9 Å². The number of ether oxygens (including phenoxy) is 1. The van der Waals surface area contributed by atoms with Crippen molar-refractivity contribution in [3.8, 4) is 5.75 Å². The van der Waals surface area contributed by atoms with Crippen LogP contribution in [0.1, 0.15) is 29.5 Å². The zero-order chi connectivity index (χ0) is 11.0. The third-order valence-corrected chi connectivity index (χ3v) is 3.67. The van der Waals surface area contributed by atoms with E-state index in [4.69, 9.17) is 4.74 Å². The van der Waals surface area contributed by atoms with Crippen molar-refractivity contribution < 1.29 is 4.74 Å². The van der Waals surface area contributed by atoms with E-state index in [0.717, 1.165) is 18.6 Å². The van der Waals surface area contributed by atoms with Crippen molar-refractivity contribution in [1.29, 1.82) is 0 Å². The third kappa shape index (κ3) is 2.36. The van der Waals surface area contributed by atoms with Crippen molar-refractivity contribution >= 4 is 15.9 Å². The van der Waals surface area contributed by atoms with E-state index in [1.54, 1.807) is 0 Å². The number of alkyl halides is 1. The fourth-order valence-corrected chi connectivity index (χ4v) is 2.95. The van der Waals surface area contributed by atoms with Gasteiger partial charge in [0, 0.05) is 4.83 Å². The fraction of sp³-hybridized carbons (Fsp3) is 0.538. The molecule has 2 rings (SSSR count). The summed E-state index contributed by atoms with van der Waals surface area (Å²) in [6.07, 6.45) is 2.67. The Balaban J connectivity index is 2.14. The van der Waals surface area contributed by atoms with E-state index in [1.165, 1.54) is 16.7 Å². The Kier molecular flexibility index (Phi) is 3.06. The van der Waals surface area contributed by atoms with Crippen LogP contribution in [0, 0.1) is 20.8 Å². The monoisotopic (exact) mass is 268 g/mol. The van der Waals surface area contributed by atoms with E-state index in [1.807, 2.05) is 0 Å². The van der Waals surface area contributed by atoms with E-state index in [2.05, 4.69) is 48.8 Å². The highest BCUT2D eigenvalue weighted by molar-refractivity contribution is 9.09. The Morgan fingerprint density at radius 1 is 1.13 bits per heavy atom. The molecule has 0 saturated heterocycles. The average molecular weight is 269 g/mol. The highest BCUT2D eigenvalue weighted by Gasteiger charge is 2.29. The van der Waals surface area contributed by atoms with Gasteiger partial charge in [-0.1, -0.05) is 33.6 Å². The number of hydrogen-bond donors (Lipinski definition) is 0. The van der Waals surface area contributed by atoms with Gasteiger partial charge in [-0.15, -0.1) is 0 Å². The fourth-order valence-electron chi connectivity index (χ4n) is 2.12. The van der Waals surface area contributed by atoms with Crippen LogP contribution in [0.15, 0.2) is 12.1 Å². The molecule has 1 saturated carbocycles. The first kappa shape index (κ1) is 11.0. The Hall–Kier alpha value is -0.500. The maximum absolute atomic E-state index is 6.01. The van der Waals surface area contributed by atoms with E-state index in [0.29, 0.717) is 10.9 Å². The number of hydrogen-bond acceptors (Lipinski definition) is 1. The van der Waals surface area contributed by atoms with Gasteiger partial charge in [0.15, 0.2) is 0 Å². The standard InChI is InChI=1S/C13H17BrO/c1-8-4-9(2)13(10(3)5-8)15-12-6-11(14)7-12/h4-5,11-12H,6-7H2,1-3H3. The summed E-state index contributed by atoms with van der Waals surface area (Å²) in [5.41, 5.74) is 3.82. The molecule has 15 heavy (non-hydrogen) atoms. The van der Waals surface area contributed by atoms with Gasteiger partial charge in [0.2, 0.25) is 0 Å². The maximum Gasteiger partial charge on any atom is 0.125 e. The average Bonchev–Trinajstić information content (AvgIpc) is 2.07. The van der Waals surface area contributed by atoms with Crippen LogP contribution in [-0.2, 0) is 0 Å². The van der Waals surface area contributed by atoms with Crippen LogP contribution in [0.2, 0.25) is 0 Å². The minimum Gasteiger partial charge on any atom is -0.490 e. The molecule has 0 bridgehead atoms. The lowest BCUT2D eigenvalue weighted by Gasteiger charge is -2.32. The van der Waals surface area contributed by atoms with E-state index < -0.39 is 0 Å². The first-order chi connectivity index (χ1) is 7.06. The SMILES string of the molecule is Cc1cc(C)c(OC2CC(Br)C2)c(C)c1. The van der Waals surface area contributed by atoms with Crippen molar-refractivity contribution in [3.63, 3.8) is 0 Å². The van der Waals surface area contributed by atoms with E-state index >= 15 is 0 Å². The summed E-state index contributed by atoms with van der Waals surface area (Å²) in [7, 11) is 0. The van der Waals surface area contributed by atoms with Crippen LogP contribution < -0.4 is 4.74 Å². The van der Waals surface area contributed by atoms with Gasteiger partial charge in [0.1, 0.15) is 11.9 Å². The molecule has 1 fully saturated rings. The summed E-state index contributed by atoms with van der Waals surface area (Å²) in [4.78, 5) is 0.661. The molecule has 0 heterocycles. The lowest BCUT2D eigenvalue weighted by Crippen LogP contribution is -2.34. The van der Waals surface area contributed by atoms with Crippen LogP contribution in [0.5, 0.6) is 5.75 Å². The van der Waals surface area contributed by atoms with E-state index in [-0.39, 0.29) is 0 Å². The molecule has 1 aliphatic carbocycles. The van der Waals surface area contributed by atoms with Gasteiger partial charge < -0.3 is 4.74 Å². The summed E-state index contributed by atoms with van der Waals surface area (Å²) < 4.78 is 6.01. The Bertz CT molecular complexity index is 344. The Morgan fingerprint density at radius 3 is 2.13 bits per heavy atom. The lowest BCUT2D eigenvalue weighted by atomic mass is 9.95. The molecule has 0 amide bonds. The number of rotatable bonds is 2. The van der Waals surface area contributed by atoms with Crippen LogP contribution in [0.25, 0.3) is 0 Å². The summed E-state index contributed by atoms with van der Waals surface area (Å²) in [5, 5.41) is 0. The number of benzene rings is 1. The van der Waals surface area contributed by atoms with Crippen molar-refractivity contribution in [2.75, 3.05) is 0 Å². The first-order valence-electron chi connectivity index (χ1n) is 5.45. The molecule has 0 aromatic heterocycles. The quantitative estimate of drug-likeness (QED) is 0.739. The number of halogens is 1. The zero-order valence-electron chi connectivity index (χ0n) is 9.51. The van der Waals surface area contributed by atoms with E-state index in [9.17, 15) is 0 Å². The van der Waals surface area contributed by atoms with Crippen LogP contribution in [-0.4, -0.2) is 10.9 Å². The van der Waals surface area contributed by atoms with Gasteiger partial charge >= 0.3 is 0 Å². The summed E-state index contributed by atoms with van der Waals surface area (Å²) >= 11 is 3.58. The first-order valence-corrected chi connectivity index (χ1v) is 6.36. The summed E-state index contributed by atoms with van der Waals surface area (Å²) in [6, 6.07) is 4.37. The molecule has 0 N–H and O–H groups in total. The normalized spacial score (nSPS) is 24.8. The van der Waals surface area contributed by atoms with Gasteiger partial charge in [-0.3, -0.25) is 0 Å². The predicted octanol–water partition coefficient (Wildman–Crippen LogP) is 3.92. The molecule has 0 radical (unpaired) electrons. The summed E-state index contributed by atoms with van der Waals surface area (Å²) in [5.74, 6) is 1.09. The maximum atomic E-state index is 6.01. The molecule has 0 aliphatic heterocycles. The molecule has 0 spiro atoms. The van der Waals surface area contributed by atoms with Gasteiger partial charge in [-0.25, -0.2) is 0 Å². The highest BCUT2D eigenvalue weighted by Crippen LogP contribution is 2.34. The molecule has 1 aromatic carbocycles. The molecular weight excluding hydrogens is 252 g/mol.